The summed E-state index contributed by atoms with van der Waals surface area (Å²) in [7, 11) is -5.49. The predicted molar refractivity (Wildman–Crippen MR) is 41.6 cm³/mol. The fraction of sp³-hybridized carbons (Fsp3) is 0. The van der Waals surface area contributed by atoms with Crippen LogP contribution in [-0.2, 0) is 10.2 Å². The first kappa shape index (κ1) is 11.5. The summed E-state index contributed by atoms with van der Waals surface area (Å²) in [5.41, 5.74) is -0.856. The molecule has 0 fully saturated rings. The van der Waals surface area contributed by atoms with E-state index in [-0.39, 0.29) is 12.1 Å². The molecule has 0 saturated heterocycles. The first-order valence-corrected chi connectivity index (χ1v) is 4.79. The minimum atomic E-state index is -5.49. The lowest BCUT2D eigenvalue weighted by Gasteiger charge is -2.01. The van der Waals surface area contributed by atoms with E-state index < -0.39 is 38.3 Å². The van der Waals surface area contributed by atoms with Gasteiger partial charge in [-0.3, -0.25) is 0 Å². The van der Waals surface area contributed by atoms with Crippen molar-refractivity contribution in [1.29, 1.82) is 0 Å². The summed E-state index contributed by atoms with van der Waals surface area (Å²) >= 11 is 0. The Balaban J connectivity index is 3.59. The number of hydrogen-bond acceptors (Lipinski definition) is 3. The van der Waals surface area contributed by atoms with E-state index in [1.165, 1.54) is 0 Å². The second-order valence-corrected chi connectivity index (χ2v) is 3.83. The van der Waals surface area contributed by atoms with E-state index >= 15 is 0 Å². The fourth-order valence-electron chi connectivity index (χ4n) is 0.865. The van der Waals surface area contributed by atoms with Gasteiger partial charge in [-0.2, -0.15) is 8.42 Å². The molecule has 0 atom stereocenters. The lowest BCUT2D eigenvalue weighted by Crippen LogP contribution is -2.05. The van der Waals surface area contributed by atoms with E-state index in [4.69, 9.17) is 5.11 Å². The highest BCUT2D eigenvalue weighted by molar-refractivity contribution is 7.86. The van der Waals surface area contributed by atoms with Gasteiger partial charge in [-0.1, -0.05) is 0 Å². The third kappa shape index (κ3) is 2.27. The molecular formula is C7H3F3O4S. The minimum Gasteiger partial charge on any atom is -0.478 e. The van der Waals surface area contributed by atoms with Gasteiger partial charge >= 0.3 is 16.2 Å². The van der Waals surface area contributed by atoms with Gasteiger partial charge in [-0.05, 0) is 12.1 Å². The number of carboxylic acids is 1. The molecular weight excluding hydrogens is 237 g/mol. The molecule has 0 aliphatic carbocycles. The molecule has 0 saturated carbocycles. The second kappa shape index (κ2) is 3.54. The van der Waals surface area contributed by atoms with E-state index in [1.807, 2.05) is 0 Å². The zero-order valence-electron chi connectivity index (χ0n) is 6.87. The zero-order chi connectivity index (χ0) is 11.8. The van der Waals surface area contributed by atoms with Crippen LogP contribution in [0.1, 0.15) is 10.4 Å². The standard InChI is InChI=1S/C7H3F3O4S/c8-4-1-3(7(11)12)2-5(6(4)9)15(10,13)14/h1-2H,(H,11,12). The summed E-state index contributed by atoms with van der Waals surface area (Å²) < 4.78 is 58.4. The highest BCUT2D eigenvalue weighted by atomic mass is 32.3. The van der Waals surface area contributed by atoms with Gasteiger partial charge in [-0.25, -0.2) is 13.6 Å². The second-order valence-electron chi connectivity index (χ2n) is 2.51. The zero-order valence-corrected chi connectivity index (χ0v) is 7.69. The Kier molecular flexibility index (Phi) is 2.71. The molecule has 0 aliphatic rings. The third-order valence-corrected chi connectivity index (χ3v) is 2.33. The molecule has 0 aromatic heterocycles. The van der Waals surface area contributed by atoms with Crippen LogP contribution in [0.3, 0.4) is 0 Å². The Bertz CT molecular complexity index is 523. The molecule has 0 amide bonds. The van der Waals surface area contributed by atoms with Crippen LogP contribution in [0.15, 0.2) is 17.0 Å². The van der Waals surface area contributed by atoms with Gasteiger partial charge in [-0.15, -0.1) is 3.89 Å². The maximum atomic E-state index is 12.8. The van der Waals surface area contributed by atoms with E-state index in [0.29, 0.717) is 0 Å². The van der Waals surface area contributed by atoms with Crippen molar-refractivity contribution in [2.75, 3.05) is 0 Å². The fourth-order valence-corrected chi connectivity index (χ4v) is 1.44. The Morgan fingerprint density at radius 2 is 1.80 bits per heavy atom. The molecule has 0 aliphatic heterocycles. The van der Waals surface area contributed by atoms with Crippen LogP contribution in [0.25, 0.3) is 0 Å². The van der Waals surface area contributed by atoms with Gasteiger partial charge in [0.25, 0.3) is 0 Å². The number of carbonyl (C=O) groups is 1. The van der Waals surface area contributed by atoms with Gasteiger partial charge in [0.1, 0.15) is 4.90 Å². The number of hydrogen-bond donors (Lipinski definition) is 1. The molecule has 0 radical (unpaired) electrons. The third-order valence-electron chi connectivity index (χ3n) is 1.50. The first-order valence-electron chi connectivity index (χ1n) is 3.40. The molecule has 0 heterocycles. The van der Waals surface area contributed by atoms with E-state index in [1.54, 1.807) is 0 Å². The topological polar surface area (TPSA) is 71.4 Å². The monoisotopic (exact) mass is 240 g/mol. The van der Waals surface area contributed by atoms with Gasteiger partial charge in [0, 0.05) is 0 Å². The van der Waals surface area contributed by atoms with Gasteiger partial charge in [0.15, 0.2) is 11.6 Å². The number of aromatic carboxylic acids is 1. The van der Waals surface area contributed by atoms with Gasteiger partial charge < -0.3 is 5.11 Å². The highest BCUT2D eigenvalue weighted by Crippen LogP contribution is 2.21. The van der Waals surface area contributed by atoms with Crippen molar-refractivity contribution in [3.05, 3.63) is 29.3 Å². The SMILES string of the molecule is O=C(O)c1cc(F)c(F)c(S(=O)(=O)F)c1. The van der Waals surface area contributed by atoms with Crippen molar-refractivity contribution in [3.63, 3.8) is 0 Å². The van der Waals surface area contributed by atoms with Crippen LogP contribution >= 0.6 is 0 Å². The summed E-state index contributed by atoms with van der Waals surface area (Å²) in [5, 5.41) is 8.38. The maximum absolute atomic E-state index is 12.8. The van der Waals surface area contributed by atoms with Crippen molar-refractivity contribution in [2.24, 2.45) is 0 Å². The maximum Gasteiger partial charge on any atom is 0.335 e. The Morgan fingerprint density at radius 3 is 2.20 bits per heavy atom. The largest absolute Gasteiger partial charge is 0.478 e. The van der Waals surface area contributed by atoms with Crippen molar-refractivity contribution < 1.29 is 31.0 Å². The molecule has 0 unspecified atom stereocenters. The Morgan fingerprint density at radius 1 is 1.27 bits per heavy atom. The normalized spacial score (nSPS) is 11.4. The highest BCUT2D eigenvalue weighted by Gasteiger charge is 2.23. The lowest BCUT2D eigenvalue weighted by molar-refractivity contribution is 0.0696. The van der Waals surface area contributed by atoms with E-state index in [0.717, 1.165) is 0 Å². The van der Waals surface area contributed by atoms with Crippen LogP contribution in [-0.4, -0.2) is 19.5 Å². The number of carboxylic acid groups (broad SMARTS) is 1. The average Bonchev–Trinajstić information content (AvgIpc) is 2.06. The smallest absolute Gasteiger partial charge is 0.335 e. The Hall–Kier alpha value is -1.57. The molecule has 1 rings (SSSR count). The predicted octanol–water partition coefficient (Wildman–Crippen LogP) is 1.32. The molecule has 4 nitrogen and oxygen atoms in total. The van der Waals surface area contributed by atoms with Crippen molar-refractivity contribution in [2.45, 2.75) is 4.90 Å². The summed E-state index contributed by atoms with van der Waals surface area (Å²) in [6, 6.07) is 0.461. The molecule has 15 heavy (non-hydrogen) atoms. The molecule has 0 spiro atoms. The molecule has 1 aromatic carbocycles. The molecule has 1 aromatic rings. The average molecular weight is 240 g/mol. The van der Waals surface area contributed by atoms with Crippen LogP contribution in [0.4, 0.5) is 12.7 Å². The summed E-state index contributed by atoms with van der Waals surface area (Å²) in [5.74, 6) is -5.38. The number of benzene rings is 1. The van der Waals surface area contributed by atoms with Crippen molar-refractivity contribution in [3.8, 4) is 0 Å². The van der Waals surface area contributed by atoms with E-state index in [9.17, 15) is 25.9 Å². The summed E-state index contributed by atoms with van der Waals surface area (Å²) in [4.78, 5) is 8.71. The van der Waals surface area contributed by atoms with E-state index in [2.05, 4.69) is 0 Å². The number of rotatable bonds is 2. The van der Waals surface area contributed by atoms with Gasteiger partial charge in [0.05, 0.1) is 5.56 Å². The molecule has 1 N–H and O–H groups in total. The van der Waals surface area contributed by atoms with Gasteiger partial charge in [0.2, 0.25) is 0 Å². The molecule has 82 valence electrons. The molecule has 0 bridgehead atoms. The van der Waals surface area contributed by atoms with Crippen LogP contribution in [0.5, 0.6) is 0 Å². The minimum absolute atomic E-state index is 0.204. The van der Waals surface area contributed by atoms with Crippen LogP contribution in [0, 0.1) is 11.6 Å². The summed E-state index contributed by atoms with van der Waals surface area (Å²) in [6.45, 7) is 0. The quantitative estimate of drug-likeness (QED) is 0.791. The Labute approximate surface area is 82.2 Å². The number of halogens is 3. The van der Waals surface area contributed by atoms with Crippen molar-refractivity contribution >= 4 is 16.2 Å². The van der Waals surface area contributed by atoms with Crippen molar-refractivity contribution in [1.82, 2.24) is 0 Å². The molecule has 8 heteroatoms. The van der Waals surface area contributed by atoms with Crippen LogP contribution in [0.2, 0.25) is 0 Å². The summed E-state index contributed by atoms with van der Waals surface area (Å²) in [6.07, 6.45) is 0. The first-order chi connectivity index (χ1) is 6.73. The lowest BCUT2D eigenvalue weighted by atomic mass is 10.2. The van der Waals surface area contributed by atoms with Crippen LogP contribution < -0.4 is 0 Å².